The Hall–Kier alpha value is -2.95. The predicted octanol–water partition coefficient (Wildman–Crippen LogP) is 0.577. The second-order valence-electron chi connectivity index (χ2n) is 8.21. The first-order valence-electron chi connectivity index (χ1n) is 10.9. The lowest BCUT2D eigenvalue weighted by molar-refractivity contribution is -0.917. The minimum absolute atomic E-state index is 0.0326. The summed E-state index contributed by atoms with van der Waals surface area (Å²) < 4.78 is 38.7. The molecular formula is C23H28N3O6S+. The molecule has 9 nitrogen and oxygen atoms in total. The molecule has 2 aliphatic heterocycles. The van der Waals surface area contributed by atoms with E-state index < -0.39 is 10.0 Å². The number of benzene rings is 2. The molecule has 0 unspecified atom stereocenters. The lowest BCUT2D eigenvalue weighted by Crippen LogP contribution is -3.19. The van der Waals surface area contributed by atoms with E-state index >= 15 is 0 Å². The second-order valence-corrected chi connectivity index (χ2v) is 10.2. The van der Waals surface area contributed by atoms with Gasteiger partial charge in [0.25, 0.3) is 5.91 Å². The molecule has 2 aromatic carbocycles. The fraction of sp³-hybridized carbons (Fsp3) is 0.391. The molecule has 1 fully saturated rings. The molecule has 1 amide bonds. The number of sulfonamides is 1. The number of amides is 1. The average Bonchev–Trinajstić information content (AvgIpc) is 2.83. The monoisotopic (exact) mass is 474 g/mol. The van der Waals surface area contributed by atoms with E-state index in [1.165, 1.54) is 23.4 Å². The number of nitrogens with one attached hydrogen (secondary N) is 2. The molecule has 2 aromatic rings. The van der Waals surface area contributed by atoms with Crippen LogP contribution in [-0.2, 0) is 14.8 Å². The number of hydrogen-bond donors (Lipinski definition) is 2. The van der Waals surface area contributed by atoms with Crippen molar-refractivity contribution < 1.29 is 32.4 Å². The summed E-state index contributed by atoms with van der Waals surface area (Å²) in [6, 6.07) is 11.1. The number of fused-ring (bicyclic) bond motifs is 1. The van der Waals surface area contributed by atoms with Crippen LogP contribution in [0.5, 0.6) is 11.5 Å². The Morgan fingerprint density at radius 3 is 2.27 bits per heavy atom. The van der Waals surface area contributed by atoms with E-state index in [0.717, 1.165) is 4.90 Å². The highest BCUT2D eigenvalue weighted by molar-refractivity contribution is 7.89. The van der Waals surface area contributed by atoms with E-state index in [1.54, 1.807) is 30.3 Å². The van der Waals surface area contributed by atoms with Gasteiger partial charge in [0.1, 0.15) is 13.2 Å². The van der Waals surface area contributed by atoms with Crippen LogP contribution in [0.2, 0.25) is 0 Å². The van der Waals surface area contributed by atoms with Crippen LogP contribution in [0.25, 0.3) is 0 Å². The molecule has 0 spiro atoms. The van der Waals surface area contributed by atoms with Gasteiger partial charge in [-0.25, -0.2) is 8.42 Å². The summed E-state index contributed by atoms with van der Waals surface area (Å²) in [5, 5.41) is 2.87. The van der Waals surface area contributed by atoms with Gasteiger partial charge in [0.05, 0.1) is 31.1 Å². The number of ketones is 1. The maximum atomic E-state index is 13.1. The fourth-order valence-electron chi connectivity index (χ4n) is 4.00. The first kappa shape index (κ1) is 23.2. The van der Waals surface area contributed by atoms with Crippen LogP contribution >= 0.6 is 0 Å². The van der Waals surface area contributed by atoms with Crippen molar-refractivity contribution in [3.63, 3.8) is 0 Å². The number of carbonyl (C=O) groups excluding carboxylic acids is 2. The molecule has 0 bridgehead atoms. The smallest absolute Gasteiger partial charge is 0.282 e. The molecule has 0 aromatic heterocycles. The topological polar surface area (TPSA) is 106 Å². The number of ether oxygens (including phenoxy) is 2. The van der Waals surface area contributed by atoms with E-state index in [1.807, 2.05) is 6.92 Å². The van der Waals surface area contributed by atoms with Crippen molar-refractivity contribution in [3.05, 3.63) is 48.0 Å². The van der Waals surface area contributed by atoms with Crippen molar-refractivity contribution >= 4 is 27.4 Å². The van der Waals surface area contributed by atoms with Crippen LogP contribution in [0.3, 0.4) is 0 Å². The summed E-state index contributed by atoms with van der Waals surface area (Å²) in [7, 11) is -3.67. The SMILES string of the molecule is CC(=O)c1ccc(NC(=O)[C@@H](C)[NH+]2CCN(S(=O)(=O)c3ccc4c(c3)OCCO4)CC2)cc1. The number of nitrogens with zero attached hydrogens (tertiary/aromatic N) is 1. The van der Waals surface area contributed by atoms with E-state index in [0.29, 0.717) is 62.1 Å². The molecule has 2 N–H and O–H groups in total. The van der Waals surface area contributed by atoms with Gasteiger partial charge in [0, 0.05) is 17.3 Å². The molecular weight excluding hydrogens is 446 g/mol. The maximum Gasteiger partial charge on any atom is 0.282 e. The number of hydrogen-bond acceptors (Lipinski definition) is 6. The molecule has 0 aliphatic carbocycles. The third kappa shape index (κ3) is 5.02. The van der Waals surface area contributed by atoms with Gasteiger partial charge in [-0.05, 0) is 50.2 Å². The summed E-state index contributed by atoms with van der Waals surface area (Å²) in [5.41, 5.74) is 1.21. The molecule has 4 rings (SSSR count). The van der Waals surface area contributed by atoms with Crippen LogP contribution in [0.15, 0.2) is 47.4 Å². The zero-order valence-electron chi connectivity index (χ0n) is 18.7. The first-order chi connectivity index (χ1) is 15.8. The number of anilines is 1. The number of quaternary nitrogens is 1. The normalized spacial score (nSPS) is 17.9. The van der Waals surface area contributed by atoms with Crippen LogP contribution < -0.4 is 19.7 Å². The highest BCUT2D eigenvalue weighted by Gasteiger charge is 2.35. The molecule has 2 heterocycles. The molecule has 33 heavy (non-hydrogen) atoms. The molecule has 1 saturated heterocycles. The zero-order chi connectivity index (χ0) is 23.6. The Morgan fingerprint density at radius 2 is 1.64 bits per heavy atom. The van der Waals surface area contributed by atoms with Crippen molar-refractivity contribution in [2.75, 3.05) is 44.7 Å². The predicted molar refractivity (Wildman–Crippen MR) is 121 cm³/mol. The van der Waals surface area contributed by atoms with Crippen LogP contribution in [0, 0.1) is 0 Å². The Labute approximate surface area is 193 Å². The van der Waals surface area contributed by atoms with Gasteiger partial charge in [0.15, 0.2) is 23.3 Å². The van der Waals surface area contributed by atoms with Gasteiger partial charge in [-0.2, -0.15) is 4.31 Å². The lowest BCUT2D eigenvalue weighted by Gasteiger charge is -2.34. The van der Waals surface area contributed by atoms with Crippen LogP contribution in [0.1, 0.15) is 24.2 Å². The van der Waals surface area contributed by atoms with Gasteiger partial charge < -0.3 is 19.7 Å². The summed E-state index contributed by atoms with van der Waals surface area (Å²) >= 11 is 0. The summed E-state index contributed by atoms with van der Waals surface area (Å²) in [4.78, 5) is 25.3. The molecule has 1 atom stereocenters. The van der Waals surface area contributed by atoms with Gasteiger partial charge in [0.2, 0.25) is 10.0 Å². The van der Waals surface area contributed by atoms with Gasteiger partial charge in [-0.1, -0.05) is 0 Å². The van der Waals surface area contributed by atoms with Gasteiger partial charge >= 0.3 is 0 Å². The standard InChI is InChI=1S/C23H27N3O6S/c1-16(23(28)24-19-5-3-18(4-6-19)17(2)27)25-9-11-26(12-10-25)33(29,30)20-7-8-21-22(15-20)32-14-13-31-21/h3-8,15-16H,9-14H2,1-2H3,(H,24,28)/p+1/t16-/m1/s1. The number of piperazine rings is 1. The Bertz CT molecular complexity index is 1140. The van der Waals surface area contributed by atoms with E-state index in [2.05, 4.69) is 5.32 Å². The van der Waals surface area contributed by atoms with Crippen molar-refractivity contribution in [2.45, 2.75) is 24.8 Å². The minimum Gasteiger partial charge on any atom is -0.486 e. The number of carbonyl (C=O) groups is 2. The molecule has 10 heteroatoms. The van der Waals surface area contributed by atoms with Crippen molar-refractivity contribution in [2.24, 2.45) is 0 Å². The second kappa shape index (κ2) is 9.50. The first-order valence-corrected chi connectivity index (χ1v) is 12.4. The van der Waals surface area contributed by atoms with Crippen molar-refractivity contribution in [1.29, 1.82) is 0 Å². The molecule has 0 radical (unpaired) electrons. The summed E-state index contributed by atoms with van der Waals surface area (Å²) in [6.07, 6.45) is 0. The Balaban J connectivity index is 1.35. The lowest BCUT2D eigenvalue weighted by atomic mass is 10.1. The van der Waals surface area contributed by atoms with Crippen LogP contribution in [-0.4, -0.2) is 69.8 Å². The van der Waals surface area contributed by atoms with E-state index in [-0.39, 0.29) is 22.6 Å². The molecule has 0 saturated carbocycles. The average molecular weight is 475 g/mol. The Morgan fingerprint density at radius 1 is 1.00 bits per heavy atom. The third-order valence-corrected chi connectivity index (χ3v) is 7.98. The Kier molecular flexibility index (Phi) is 6.68. The quantitative estimate of drug-likeness (QED) is 0.594. The molecule has 2 aliphatic rings. The zero-order valence-corrected chi connectivity index (χ0v) is 19.5. The summed E-state index contributed by atoms with van der Waals surface area (Å²) in [5.74, 6) is 0.803. The van der Waals surface area contributed by atoms with Crippen LogP contribution in [0.4, 0.5) is 5.69 Å². The highest BCUT2D eigenvalue weighted by atomic mass is 32.2. The maximum absolute atomic E-state index is 13.1. The number of Topliss-reactive ketones (excluding diaryl/α,β-unsaturated/α-hetero) is 1. The third-order valence-electron chi connectivity index (χ3n) is 6.08. The van der Waals surface area contributed by atoms with Crippen molar-refractivity contribution in [3.8, 4) is 11.5 Å². The molecule has 176 valence electrons. The highest BCUT2D eigenvalue weighted by Crippen LogP contribution is 2.33. The van der Waals surface area contributed by atoms with Gasteiger partial charge in [-0.15, -0.1) is 0 Å². The summed E-state index contributed by atoms with van der Waals surface area (Å²) in [6.45, 7) is 5.82. The van der Waals surface area contributed by atoms with Gasteiger partial charge in [-0.3, -0.25) is 9.59 Å². The number of rotatable bonds is 6. The largest absolute Gasteiger partial charge is 0.486 e. The van der Waals surface area contributed by atoms with E-state index in [4.69, 9.17) is 9.47 Å². The minimum atomic E-state index is -3.67. The van der Waals surface area contributed by atoms with E-state index in [9.17, 15) is 18.0 Å². The fourth-order valence-corrected chi connectivity index (χ4v) is 5.46. The van der Waals surface area contributed by atoms with Crippen molar-refractivity contribution in [1.82, 2.24) is 4.31 Å².